The van der Waals surface area contributed by atoms with Crippen LogP contribution >= 0.6 is 0 Å². The molecule has 0 aliphatic heterocycles. The summed E-state index contributed by atoms with van der Waals surface area (Å²) in [6, 6.07) is 0. The standard InChI is InChI=1S/C4H3F5O3.Na/c5-3(6,7)1-12-4(8,9)2(10)11;/h1H2,(H,10,11);/q;+1/p-1. The number of carboxylic acid groups (broad SMARTS) is 1. The molecule has 0 bridgehead atoms. The van der Waals surface area contributed by atoms with E-state index in [1.165, 1.54) is 0 Å². The predicted molar refractivity (Wildman–Crippen MR) is 22.0 cm³/mol. The van der Waals surface area contributed by atoms with Crippen LogP contribution in [0, 0.1) is 0 Å². The number of hydrogen-bond donors (Lipinski definition) is 0. The van der Waals surface area contributed by atoms with Gasteiger partial charge in [0.2, 0.25) is 0 Å². The molecule has 0 unspecified atom stereocenters. The molecule has 0 amide bonds. The SMILES string of the molecule is O=C([O-])C(F)(F)OCC(F)(F)F.[Na+]. The zero-order chi connectivity index (χ0) is 9.99. The molecule has 0 radical (unpaired) electrons. The summed E-state index contributed by atoms with van der Waals surface area (Å²) in [4.78, 5) is 9.38. The molecule has 13 heavy (non-hydrogen) atoms. The van der Waals surface area contributed by atoms with Gasteiger partial charge in [-0.2, -0.15) is 22.0 Å². The fourth-order valence-corrected chi connectivity index (χ4v) is 0.231. The van der Waals surface area contributed by atoms with Crippen LogP contribution in [0.5, 0.6) is 0 Å². The molecule has 0 aromatic carbocycles. The Morgan fingerprint density at radius 2 is 1.62 bits per heavy atom. The summed E-state index contributed by atoms with van der Waals surface area (Å²) in [5.74, 6) is -3.01. The van der Waals surface area contributed by atoms with E-state index in [2.05, 4.69) is 4.74 Å². The molecule has 0 heterocycles. The van der Waals surface area contributed by atoms with Crippen molar-refractivity contribution in [3.63, 3.8) is 0 Å². The summed E-state index contributed by atoms with van der Waals surface area (Å²) < 4.78 is 59.7. The predicted octanol–water partition coefficient (Wildman–Crippen LogP) is -3.09. The number of carbonyl (C=O) groups is 1. The van der Waals surface area contributed by atoms with Crippen molar-refractivity contribution in [2.75, 3.05) is 6.61 Å². The van der Waals surface area contributed by atoms with Gasteiger partial charge in [-0.1, -0.05) is 0 Å². The third-order valence-electron chi connectivity index (χ3n) is 0.655. The molecule has 0 aromatic heterocycles. The fourth-order valence-electron chi connectivity index (χ4n) is 0.231. The van der Waals surface area contributed by atoms with E-state index in [4.69, 9.17) is 0 Å². The van der Waals surface area contributed by atoms with Gasteiger partial charge in [-0.25, -0.2) is 0 Å². The number of ether oxygens (including phenoxy) is 1. The zero-order valence-corrected chi connectivity index (χ0v) is 8.32. The van der Waals surface area contributed by atoms with E-state index in [-0.39, 0.29) is 29.6 Å². The van der Waals surface area contributed by atoms with Crippen LogP contribution < -0.4 is 34.7 Å². The van der Waals surface area contributed by atoms with Gasteiger partial charge < -0.3 is 14.6 Å². The first kappa shape index (κ1) is 15.5. The van der Waals surface area contributed by atoms with Crippen LogP contribution in [0.15, 0.2) is 0 Å². The van der Waals surface area contributed by atoms with Crippen LogP contribution in [-0.4, -0.2) is 24.9 Å². The smallest absolute Gasteiger partial charge is 0.542 e. The van der Waals surface area contributed by atoms with E-state index >= 15 is 0 Å². The topological polar surface area (TPSA) is 49.4 Å². The van der Waals surface area contributed by atoms with Crippen molar-refractivity contribution >= 4 is 5.97 Å². The second-order valence-electron chi connectivity index (χ2n) is 1.71. The molecular formula is C4H2F5NaO3. The Kier molecular flexibility index (Phi) is 6.08. The Hall–Kier alpha value is 0.0800. The Labute approximate surface area is 91.1 Å². The van der Waals surface area contributed by atoms with Crippen molar-refractivity contribution in [1.29, 1.82) is 0 Å². The maximum Gasteiger partial charge on any atom is 1.00 e. The molecule has 9 heteroatoms. The molecule has 0 fully saturated rings. The molecule has 0 saturated heterocycles. The number of aliphatic carboxylic acids is 1. The van der Waals surface area contributed by atoms with Gasteiger partial charge in [0.25, 0.3) is 0 Å². The monoisotopic (exact) mass is 216 g/mol. The van der Waals surface area contributed by atoms with Crippen LogP contribution in [0.25, 0.3) is 0 Å². The molecule has 0 N–H and O–H groups in total. The largest absolute Gasteiger partial charge is 1.00 e. The zero-order valence-electron chi connectivity index (χ0n) is 6.32. The third kappa shape index (κ3) is 7.17. The van der Waals surface area contributed by atoms with Crippen LogP contribution in [-0.2, 0) is 9.53 Å². The van der Waals surface area contributed by atoms with Crippen molar-refractivity contribution in [2.24, 2.45) is 0 Å². The molecule has 0 spiro atoms. The molecule has 0 rings (SSSR count). The summed E-state index contributed by atoms with van der Waals surface area (Å²) in [6.07, 6.45) is -9.91. The first-order valence-corrected chi connectivity index (χ1v) is 2.45. The number of rotatable bonds is 3. The molecule has 0 atom stereocenters. The van der Waals surface area contributed by atoms with Crippen molar-refractivity contribution in [3.05, 3.63) is 0 Å². The van der Waals surface area contributed by atoms with Gasteiger partial charge in [-0.3, -0.25) is 0 Å². The Balaban J connectivity index is 0. The average molecular weight is 216 g/mol. The van der Waals surface area contributed by atoms with E-state index in [1.54, 1.807) is 0 Å². The summed E-state index contributed by atoms with van der Waals surface area (Å²) >= 11 is 0. The van der Waals surface area contributed by atoms with Crippen LogP contribution in [0.4, 0.5) is 22.0 Å². The first-order chi connectivity index (χ1) is 5.15. The Morgan fingerprint density at radius 3 is 1.85 bits per heavy atom. The van der Waals surface area contributed by atoms with E-state index in [0.29, 0.717) is 0 Å². The van der Waals surface area contributed by atoms with Crippen LogP contribution in [0.2, 0.25) is 0 Å². The van der Waals surface area contributed by atoms with Gasteiger partial charge in [-0.15, -0.1) is 0 Å². The number of hydrogen-bond acceptors (Lipinski definition) is 3. The maximum atomic E-state index is 11.7. The summed E-state index contributed by atoms with van der Waals surface area (Å²) in [5.41, 5.74) is 0. The average Bonchev–Trinajstić information content (AvgIpc) is 1.82. The first-order valence-electron chi connectivity index (χ1n) is 2.45. The van der Waals surface area contributed by atoms with Crippen molar-refractivity contribution in [3.8, 4) is 0 Å². The molecular weight excluding hydrogens is 214 g/mol. The van der Waals surface area contributed by atoms with Gasteiger partial charge in [-0.05, 0) is 0 Å². The Morgan fingerprint density at radius 1 is 1.23 bits per heavy atom. The number of alkyl halides is 5. The number of halogens is 5. The van der Waals surface area contributed by atoms with Gasteiger partial charge in [0, 0.05) is 0 Å². The molecule has 0 aliphatic carbocycles. The van der Waals surface area contributed by atoms with Crippen LogP contribution in [0.1, 0.15) is 0 Å². The number of carboxylic acids is 1. The minimum absolute atomic E-state index is 0. The van der Waals surface area contributed by atoms with Crippen molar-refractivity contribution < 1.29 is 66.1 Å². The minimum Gasteiger partial charge on any atom is -0.542 e. The van der Waals surface area contributed by atoms with Gasteiger partial charge >= 0.3 is 41.8 Å². The van der Waals surface area contributed by atoms with Crippen molar-refractivity contribution in [1.82, 2.24) is 0 Å². The van der Waals surface area contributed by atoms with E-state index < -0.39 is 24.9 Å². The second kappa shape index (κ2) is 5.08. The Bertz CT molecular complexity index is 179. The van der Waals surface area contributed by atoms with Gasteiger partial charge in [0.05, 0.1) is 0 Å². The van der Waals surface area contributed by atoms with Crippen LogP contribution in [0.3, 0.4) is 0 Å². The summed E-state index contributed by atoms with van der Waals surface area (Å²) in [6.45, 7) is -2.34. The minimum atomic E-state index is -5.00. The molecule has 3 nitrogen and oxygen atoms in total. The number of carbonyl (C=O) groups excluding carboxylic acids is 1. The van der Waals surface area contributed by atoms with E-state index in [1.807, 2.05) is 0 Å². The maximum absolute atomic E-state index is 11.7. The summed E-state index contributed by atoms with van der Waals surface area (Å²) in [7, 11) is 0. The normalized spacial score (nSPS) is 12.1. The molecule has 72 valence electrons. The van der Waals surface area contributed by atoms with Gasteiger partial charge in [0.1, 0.15) is 12.6 Å². The quantitative estimate of drug-likeness (QED) is 0.371. The van der Waals surface area contributed by atoms with E-state index in [9.17, 15) is 31.9 Å². The van der Waals surface area contributed by atoms with Gasteiger partial charge in [0.15, 0.2) is 0 Å². The fraction of sp³-hybridized carbons (Fsp3) is 0.750. The molecule has 0 saturated carbocycles. The third-order valence-corrected chi connectivity index (χ3v) is 0.655. The van der Waals surface area contributed by atoms with Crippen molar-refractivity contribution in [2.45, 2.75) is 12.3 Å². The second-order valence-corrected chi connectivity index (χ2v) is 1.71. The molecule has 0 aromatic rings. The van der Waals surface area contributed by atoms with E-state index in [0.717, 1.165) is 0 Å². The molecule has 0 aliphatic rings. The summed E-state index contributed by atoms with van der Waals surface area (Å²) in [5, 5.41) is 9.38.